The number of benzene rings is 1. The van der Waals surface area contributed by atoms with E-state index in [0.29, 0.717) is 11.7 Å². The molecular formula is C13H21N5O2. The van der Waals surface area contributed by atoms with E-state index in [4.69, 9.17) is 5.84 Å². The van der Waals surface area contributed by atoms with Gasteiger partial charge in [0.05, 0.1) is 10.6 Å². The molecule has 0 spiro atoms. The number of nitrogen functional groups attached to an aromatic ring is 1. The molecule has 0 bridgehead atoms. The Hall–Kier alpha value is -1.86. The maximum atomic E-state index is 11.0. The van der Waals surface area contributed by atoms with E-state index in [2.05, 4.69) is 22.3 Å². The molecule has 110 valence electrons. The molecule has 0 saturated carbocycles. The number of nitrogens with zero attached hydrogens (tertiary/aromatic N) is 3. The Morgan fingerprint density at radius 2 is 2.25 bits per heavy atom. The van der Waals surface area contributed by atoms with Crippen molar-refractivity contribution in [3.05, 3.63) is 28.3 Å². The van der Waals surface area contributed by atoms with Crippen LogP contribution in [-0.2, 0) is 0 Å². The number of nitrogens with one attached hydrogen (secondary N) is 1. The molecule has 1 atom stereocenters. The van der Waals surface area contributed by atoms with Crippen LogP contribution in [0.25, 0.3) is 0 Å². The number of hydrogen-bond acceptors (Lipinski definition) is 6. The van der Waals surface area contributed by atoms with E-state index in [1.807, 2.05) is 13.1 Å². The number of nitro benzene ring substituents is 1. The number of rotatable bonds is 4. The third-order valence-electron chi connectivity index (χ3n) is 3.83. The van der Waals surface area contributed by atoms with E-state index in [1.54, 1.807) is 6.07 Å². The van der Waals surface area contributed by atoms with Gasteiger partial charge in [-0.3, -0.25) is 16.0 Å². The molecular weight excluding hydrogens is 258 g/mol. The van der Waals surface area contributed by atoms with Crippen LogP contribution in [0.1, 0.15) is 12.8 Å². The number of nitro groups is 1. The van der Waals surface area contributed by atoms with Crippen LogP contribution in [0, 0.1) is 10.1 Å². The Bertz CT molecular complexity index is 494. The number of piperidine rings is 1. The fourth-order valence-corrected chi connectivity index (χ4v) is 2.65. The molecule has 20 heavy (non-hydrogen) atoms. The van der Waals surface area contributed by atoms with E-state index in [0.717, 1.165) is 31.6 Å². The van der Waals surface area contributed by atoms with Crippen LogP contribution in [-0.4, -0.2) is 43.0 Å². The van der Waals surface area contributed by atoms with Gasteiger partial charge in [-0.05, 0) is 32.5 Å². The fraction of sp³-hybridized carbons (Fsp3) is 0.538. The van der Waals surface area contributed by atoms with Crippen LogP contribution in [0.4, 0.5) is 17.1 Å². The molecule has 1 aromatic carbocycles. The van der Waals surface area contributed by atoms with Crippen molar-refractivity contribution in [2.24, 2.45) is 5.84 Å². The van der Waals surface area contributed by atoms with Crippen LogP contribution < -0.4 is 16.2 Å². The standard InChI is InChI=1S/C13H21N5O2/c1-16-5-3-4-11(9-16)17(2)12-6-10(15-14)7-13(8-12)18(19)20/h6-8,11,15H,3-5,9,14H2,1-2H3. The van der Waals surface area contributed by atoms with Gasteiger partial charge in [0, 0.05) is 37.5 Å². The molecule has 1 aliphatic heterocycles. The molecule has 1 aliphatic rings. The highest BCUT2D eigenvalue weighted by molar-refractivity contribution is 5.64. The Balaban J connectivity index is 2.26. The molecule has 0 aliphatic carbocycles. The second kappa shape index (κ2) is 6.06. The lowest BCUT2D eigenvalue weighted by Crippen LogP contribution is -2.45. The lowest BCUT2D eigenvalue weighted by Gasteiger charge is -2.37. The van der Waals surface area contributed by atoms with Crippen LogP contribution in [0.2, 0.25) is 0 Å². The van der Waals surface area contributed by atoms with Gasteiger partial charge in [0.15, 0.2) is 0 Å². The highest BCUT2D eigenvalue weighted by Gasteiger charge is 2.22. The van der Waals surface area contributed by atoms with Gasteiger partial charge in [-0.2, -0.15) is 0 Å². The smallest absolute Gasteiger partial charge is 0.273 e. The average Bonchev–Trinajstić information content (AvgIpc) is 2.45. The Kier molecular flexibility index (Phi) is 4.41. The van der Waals surface area contributed by atoms with E-state index < -0.39 is 4.92 Å². The average molecular weight is 279 g/mol. The normalized spacial score (nSPS) is 19.6. The fourth-order valence-electron chi connectivity index (χ4n) is 2.65. The van der Waals surface area contributed by atoms with E-state index >= 15 is 0 Å². The van der Waals surface area contributed by atoms with Gasteiger partial charge >= 0.3 is 0 Å². The zero-order valence-corrected chi connectivity index (χ0v) is 11.9. The summed E-state index contributed by atoms with van der Waals surface area (Å²) in [4.78, 5) is 15.0. The molecule has 2 rings (SSSR count). The lowest BCUT2D eigenvalue weighted by atomic mass is 10.0. The van der Waals surface area contributed by atoms with Crippen molar-refractivity contribution in [1.29, 1.82) is 0 Å². The first kappa shape index (κ1) is 14.5. The van der Waals surface area contributed by atoms with E-state index in [9.17, 15) is 10.1 Å². The van der Waals surface area contributed by atoms with Crippen molar-refractivity contribution in [2.45, 2.75) is 18.9 Å². The Morgan fingerprint density at radius 1 is 1.50 bits per heavy atom. The summed E-state index contributed by atoms with van der Waals surface area (Å²) in [5, 5.41) is 11.0. The van der Waals surface area contributed by atoms with Crippen molar-refractivity contribution in [1.82, 2.24) is 4.90 Å². The van der Waals surface area contributed by atoms with Crippen LogP contribution in [0.15, 0.2) is 18.2 Å². The molecule has 1 saturated heterocycles. The van der Waals surface area contributed by atoms with Gasteiger partial charge in [0.2, 0.25) is 0 Å². The maximum Gasteiger partial charge on any atom is 0.273 e. The predicted octanol–water partition coefficient (Wildman–Crippen LogP) is 1.41. The summed E-state index contributed by atoms with van der Waals surface area (Å²) in [7, 11) is 4.07. The first-order chi connectivity index (χ1) is 9.51. The molecule has 1 unspecified atom stereocenters. The van der Waals surface area contributed by atoms with E-state index in [-0.39, 0.29) is 5.69 Å². The minimum Gasteiger partial charge on any atom is -0.370 e. The molecule has 7 heteroatoms. The van der Waals surface area contributed by atoms with Crippen molar-refractivity contribution in [3.63, 3.8) is 0 Å². The number of anilines is 2. The van der Waals surface area contributed by atoms with Crippen LogP contribution in [0.3, 0.4) is 0 Å². The highest BCUT2D eigenvalue weighted by atomic mass is 16.6. The summed E-state index contributed by atoms with van der Waals surface area (Å²) in [6, 6.07) is 5.22. The molecule has 7 nitrogen and oxygen atoms in total. The number of likely N-dealkylation sites (N-methyl/N-ethyl adjacent to an activating group) is 2. The van der Waals surface area contributed by atoms with Gasteiger partial charge in [-0.15, -0.1) is 0 Å². The van der Waals surface area contributed by atoms with Gasteiger partial charge in [-0.1, -0.05) is 0 Å². The van der Waals surface area contributed by atoms with Crippen molar-refractivity contribution >= 4 is 17.1 Å². The number of nitrogens with two attached hydrogens (primary N) is 1. The third kappa shape index (κ3) is 3.17. The minimum atomic E-state index is -0.398. The number of non-ortho nitro benzene ring substituents is 1. The lowest BCUT2D eigenvalue weighted by molar-refractivity contribution is -0.384. The maximum absolute atomic E-state index is 11.0. The van der Waals surface area contributed by atoms with Gasteiger partial charge < -0.3 is 15.2 Å². The van der Waals surface area contributed by atoms with Crippen molar-refractivity contribution in [2.75, 3.05) is 37.5 Å². The molecule has 1 aromatic rings. The number of hydrogen-bond donors (Lipinski definition) is 2. The summed E-state index contributed by atoms with van der Waals surface area (Å²) in [6.45, 7) is 2.07. The zero-order valence-electron chi connectivity index (χ0n) is 11.9. The topological polar surface area (TPSA) is 87.7 Å². The van der Waals surface area contributed by atoms with Gasteiger partial charge in [0.1, 0.15) is 0 Å². The number of hydrazine groups is 1. The second-order valence-corrected chi connectivity index (χ2v) is 5.31. The second-order valence-electron chi connectivity index (χ2n) is 5.31. The summed E-state index contributed by atoms with van der Waals surface area (Å²) < 4.78 is 0. The molecule has 1 heterocycles. The first-order valence-corrected chi connectivity index (χ1v) is 6.68. The largest absolute Gasteiger partial charge is 0.370 e. The summed E-state index contributed by atoms with van der Waals surface area (Å²) >= 11 is 0. The van der Waals surface area contributed by atoms with Crippen molar-refractivity contribution < 1.29 is 4.92 Å². The first-order valence-electron chi connectivity index (χ1n) is 6.68. The summed E-state index contributed by atoms with van der Waals surface area (Å²) in [5.41, 5.74) is 3.89. The molecule has 3 N–H and O–H groups in total. The SMILES string of the molecule is CN1CCCC(N(C)c2cc(NN)cc([N+](=O)[O-])c2)C1. The summed E-state index contributed by atoms with van der Waals surface area (Å²) in [5.74, 6) is 5.39. The predicted molar refractivity (Wildman–Crippen MR) is 79.8 cm³/mol. The van der Waals surface area contributed by atoms with Gasteiger partial charge in [-0.25, -0.2) is 0 Å². The minimum absolute atomic E-state index is 0.0477. The molecule has 0 amide bonds. The highest BCUT2D eigenvalue weighted by Crippen LogP contribution is 2.28. The third-order valence-corrected chi connectivity index (χ3v) is 3.83. The van der Waals surface area contributed by atoms with Gasteiger partial charge in [0.25, 0.3) is 5.69 Å². The summed E-state index contributed by atoms with van der Waals surface area (Å²) in [6.07, 6.45) is 2.23. The Labute approximate surface area is 118 Å². The quantitative estimate of drug-likeness (QED) is 0.492. The van der Waals surface area contributed by atoms with Crippen LogP contribution in [0.5, 0.6) is 0 Å². The van der Waals surface area contributed by atoms with E-state index in [1.165, 1.54) is 6.07 Å². The molecule has 0 aromatic heterocycles. The molecule has 1 fully saturated rings. The van der Waals surface area contributed by atoms with Crippen LogP contribution >= 0.6 is 0 Å². The Morgan fingerprint density at radius 3 is 2.85 bits per heavy atom. The monoisotopic (exact) mass is 279 g/mol. The van der Waals surface area contributed by atoms with Crippen molar-refractivity contribution in [3.8, 4) is 0 Å². The number of likely N-dealkylation sites (tertiary alicyclic amines) is 1. The zero-order chi connectivity index (χ0) is 14.7. The molecule has 0 radical (unpaired) electrons.